The Morgan fingerprint density at radius 2 is 1.80 bits per heavy atom. The lowest BCUT2D eigenvalue weighted by Crippen LogP contribution is -2.36. The number of para-hydroxylation sites is 1. The minimum Gasteiger partial charge on any atom is -0.368 e. The van der Waals surface area contributed by atoms with Gasteiger partial charge in [0.2, 0.25) is 5.91 Å². The van der Waals surface area contributed by atoms with E-state index in [1.165, 1.54) is 18.0 Å². The second kappa shape index (κ2) is 6.76. The first-order valence-corrected chi connectivity index (χ1v) is 7.83. The van der Waals surface area contributed by atoms with Crippen LogP contribution >= 0.6 is 0 Å². The predicted octanol–water partition coefficient (Wildman–Crippen LogP) is 2.39. The van der Waals surface area contributed by atoms with Gasteiger partial charge in [-0.05, 0) is 18.2 Å². The molecule has 0 saturated heterocycles. The number of primary amides is 1. The topological polar surface area (TPSA) is 68.3 Å². The Bertz CT molecular complexity index is 949. The molecule has 2 amide bonds. The first-order chi connectivity index (χ1) is 12.0. The van der Waals surface area contributed by atoms with Crippen LogP contribution < -0.4 is 5.73 Å². The van der Waals surface area contributed by atoms with Crippen LogP contribution in [0.3, 0.4) is 0 Å². The van der Waals surface area contributed by atoms with Crippen LogP contribution in [-0.4, -0.2) is 34.9 Å². The van der Waals surface area contributed by atoms with Gasteiger partial charge in [0, 0.05) is 23.5 Å². The van der Waals surface area contributed by atoms with Gasteiger partial charge in [-0.1, -0.05) is 36.4 Å². The van der Waals surface area contributed by atoms with Crippen LogP contribution in [0.4, 0.5) is 4.39 Å². The quantitative estimate of drug-likeness (QED) is 0.775. The van der Waals surface area contributed by atoms with E-state index < -0.39 is 5.91 Å². The van der Waals surface area contributed by atoms with Crippen LogP contribution in [0.5, 0.6) is 0 Å². The third-order valence-electron chi connectivity index (χ3n) is 4.06. The highest BCUT2D eigenvalue weighted by Gasteiger charge is 2.20. The molecule has 1 heterocycles. The van der Waals surface area contributed by atoms with Gasteiger partial charge < -0.3 is 15.2 Å². The van der Waals surface area contributed by atoms with E-state index in [0.29, 0.717) is 11.3 Å². The molecule has 2 N–H and O–H groups in total. The van der Waals surface area contributed by atoms with Gasteiger partial charge in [-0.3, -0.25) is 9.59 Å². The molecule has 0 fully saturated rings. The highest BCUT2D eigenvalue weighted by Crippen LogP contribution is 2.23. The molecule has 0 saturated carbocycles. The molecule has 0 aliphatic heterocycles. The molecule has 0 radical (unpaired) electrons. The van der Waals surface area contributed by atoms with Gasteiger partial charge in [-0.25, -0.2) is 4.39 Å². The summed E-state index contributed by atoms with van der Waals surface area (Å²) in [6.45, 7) is 0.0335. The number of benzene rings is 2. The minimum absolute atomic E-state index is 0.180. The Labute approximate surface area is 144 Å². The van der Waals surface area contributed by atoms with Crippen molar-refractivity contribution >= 4 is 22.7 Å². The van der Waals surface area contributed by atoms with Crippen molar-refractivity contribution in [3.63, 3.8) is 0 Å². The number of hydrogen-bond acceptors (Lipinski definition) is 2. The maximum absolute atomic E-state index is 14.1. The Morgan fingerprint density at radius 3 is 2.52 bits per heavy atom. The van der Waals surface area contributed by atoms with Crippen LogP contribution in [-0.2, 0) is 11.3 Å². The van der Waals surface area contributed by atoms with E-state index in [1.54, 1.807) is 28.8 Å². The van der Waals surface area contributed by atoms with Gasteiger partial charge in [-0.15, -0.1) is 0 Å². The summed E-state index contributed by atoms with van der Waals surface area (Å²) in [5, 5.41) is 0.870. The molecule has 0 aliphatic carbocycles. The summed E-state index contributed by atoms with van der Waals surface area (Å²) < 4.78 is 15.8. The number of carbonyl (C=O) groups is 2. The fourth-order valence-electron chi connectivity index (χ4n) is 2.86. The van der Waals surface area contributed by atoms with E-state index in [1.807, 2.05) is 24.3 Å². The molecule has 0 spiro atoms. The predicted molar refractivity (Wildman–Crippen MR) is 93.6 cm³/mol. The van der Waals surface area contributed by atoms with Crippen LogP contribution in [0.2, 0.25) is 0 Å². The lowest BCUT2D eigenvalue weighted by molar-refractivity contribution is -0.118. The maximum Gasteiger partial charge on any atom is 0.270 e. The van der Waals surface area contributed by atoms with E-state index in [2.05, 4.69) is 0 Å². The van der Waals surface area contributed by atoms with Gasteiger partial charge >= 0.3 is 0 Å². The second-order valence-electron chi connectivity index (χ2n) is 5.89. The molecule has 3 aromatic rings. The smallest absolute Gasteiger partial charge is 0.270 e. The summed E-state index contributed by atoms with van der Waals surface area (Å²) >= 11 is 0. The van der Waals surface area contributed by atoms with E-state index >= 15 is 0 Å². The zero-order valence-electron chi connectivity index (χ0n) is 13.8. The van der Waals surface area contributed by atoms with E-state index in [9.17, 15) is 14.0 Å². The maximum atomic E-state index is 14.1. The van der Waals surface area contributed by atoms with Gasteiger partial charge in [-0.2, -0.15) is 0 Å². The van der Waals surface area contributed by atoms with Crippen molar-refractivity contribution < 1.29 is 14.0 Å². The average Bonchev–Trinajstić information content (AvgIpc) is 2.94. The third-order valence-corrected chi connectivity index (χ3v) is 4.06. The molecule has 2 aromatic carbocycles. The van der Waals surface area contributed by atoms with Gasteiger partial charge in [0.1, 0.15) is 11.5 Å². The van der Waals surface area contributed by atoms with Crippen molar-refractivity contribution in [1.82, 2.24) is 9.47 Å². The molecular formula is C19H18FN3O2. The van der Waals surface area contributed by atoms with Crippen LogP contribution in [0, 0.1) is 5.82 Å². The first kappa shape index (κ1) is 16.7. The summed E-state index contributed by atoms with van der Waals surface area (Å²) in [6.07, 6.45) is 0. The number of aromatic nitrogens is 1. The van der Waals surface area contributed by atoms with Crippen molar-refractivity contribution in [2.45, 2.75) is 6.54 Å². The molecular weight excluding hydrogens is 321 g/mol. The van der Waals surface area contributed by atoms with Crippen molar-refractivity contribution in [2.24, 2.45) is 5.73 Å². The Hall–Kier alpha value is -3.15. The monoisotopic (exact) mass is 339 g/mol. The van der Waals surface area contributed by atoms with Crippen LogP contribution in [0.25, 0.3) is 10.9 Å². The molecule has 25 heavy (non-hydrogen) atoms. The number of likely N-dealkylation sites (N-methyl/N-ethyl adjacent to an activating group) is 1. The number of amides is 2. The standard InChI is InChI=1S/C19H18FN3O2/c1-22(12-18(21)24)19(25)17-10-13-6-3-5-9-16(13)23(17)11-14-7-2-4-8-15(14)20/h2-10H,11-12H2,1H3,(H2,21,24). The van der Waals surface area contributed by atoms with E-state index in [4.69, 9.17) is 5.73 Å². The van der Waals surface area contributed by atoms with Gasteiger partial charge in [0.25, 0.3) is 5.91 Å². The molecule has 0 unspecified atom stereocenters. The summed E-state index contributed by atoms with van der Waals surface area (Å²) in [4.78, 5) is 25.1. The summed E-state index contributed by atoms with van der Waals surface area (Å²) in [7, 11) is 1.51. The van der Waals surface area contributed by atoms with Crippen molar-refractivity contribution in [1.29, 1.82) is 0 Å². The molecule has 128 valence electrons. The largest absolute Gasteiger partial charge is 0.368 e. The second-order valence-corrected chi connectivity index (χ2v) is 5.89. The highest BCUT2D eigenvalue weighted by molar-refractivity contribution is 6.00. The molecule has 5 nitrogen and oxygen atoms in total. The molecule has 6 heteroatoms. The van der Waals surface area contributed by atoms with Gasteiger partial charge in [0.05, 0.1) is 13.1 Å². The fourth-order valence-corrected chi connectivity index (χ4v) is 2.86. The lowest BCUT2D eigenvalue weighted by atomic mass is 10.2. The summed E-state index contributed by atoms with van der Waals surface area (Å²) in [5.74, 6) is -1.26. The Balaban J connectivity index is 2.07. The normalized spacial score (nSPS) is 10.8. The SMILES string of the molecule is CN(CC(N)=O)C(=O)c1cc2ccccc2n1Cc1ccccc1F. The average molecular weight is 339 g/mol. The van der Waals surface area contributed by atoms with Crippen molar-refractivity contribution in [3.05, 3.63) is 71.7 Å². The third kappa shape index (κ3) is 3.38. The molecule has 1 aromatic heterocycles. The van der Waals surface area contributed by atoms with Crippen molar-refractivity contribution in [2.75, 3.05) is 13.6 Å². The summed E-state index contributed by atoms with van der Waals surface area (Å²) in [5.41, 5.74) is 6.86. The van der Waals surface area contributed by atoms with E-state index in [-0.39, 0.29) is 24.8 Å². The number of fused-ring (bicyclic) bond motifs is 1. The van der Waals surface area contributed by atoms with Gasteiger partial charge in [0.15, 0.2) is 0 Å². The number of rotatable bonds is 5. The van der Waals surface area contributed by atoms with Crippen LogP contribution in [0.1, 0.15) is 16.1 Å². The molecule has 3 rings (SSSR count). The number of halogens is 1. The highest BCUT2D eigenvalue weighted by atomic mass is 19.1. The number of hydrogen-bond donors (Lipinski definition) is 1. The number of nitrogens with zero attached hydrogens (tertiary/aromatic N) is 2. The minimum atomic E-state index is -0.590. The van der Waals surface area contributed by atoms with Crippen molar-refractivity contribution in [3.8, 4) is 0 Å². The number of carbonyl (C=O) groups excluding carboxylic acids is 2. The van der Waals surface area contributed by atoms with E-state index in [0.717, 1.165) is 10.9 Å². The molecule has 0 atom stereocenters. The Morgan fingerprint density at radius 1 is 1.12 bits per heavy atom. The first-order valence-electron chi connectivity index (χ1n) is 7.83. The molecule has 0 bridgehead atoms. The zero-order valence-corrected chi connectivity index (χ0v) is 13.8. The zero-order chi connectivity index (χ0) is 18.0. The lowest BCUT2D eigenvalue weighted by Gasteiger charge is -2.17. The fraction of sp³-hybridized carbons (Fsp3) is 0.158. The van der Waals surface area contributed by atoms with Crippen LogP contribution in [0.15, 0.2) is 54.6 Å². The number of nitrogens with two attached hydrogens (primary N) is 1. The Kier molecular flexibility index (Phi) is 4.52. The molecule has 0 aliphatic rings. The summed E-state index contributed by atoms with van der Waals surface area (Å²) in [6, 6.07) is 15.7.